The van der Waals surface area contributed by atoms with Crippen LogP contribution in [0.1, 0.15) is 12.8 Å². The number of pyridine rings is 1. The molecule has 0 spiro atoms. The van der Waals surface area contributed by atoms with E-state index in [1.54, 1.807) is 14.2 Å². The molecule has 21 heavy (non-hydrogen) atoms. The zero-order chi connectivity index (χ0) is 14.7. The molecule has 1 saturated heterocycles. The van der Waals surface area contributed by atoms with Gasteiger partial charge in [-0.2, -0.15) is 11.8 Å². The number of rotatable bonds is 4. The smallest absolute Gasteiger partial charge is 0.161 e. The zero-order valence-electron chi connectivity index (χ0n) is 12.4. The summed E-state index contributed by atoms with van der Waals surface area (Å²) in [6.07, 6.45) is 4.22. The number of ether oxygens (including phenoxy) is 2. The van der Waals surface area contributed by atoms with Crippen molar-refractivity contribution in [2.45, 2.75) is 18.9 Å². The van der Waals surface area contributed by atoms with Gasteiger partial charge in [-0.15, -0.1) is 0 Å². The lowest BCUT2D eigenvalue weighted by atomic mass is 10.1. The molecule has 0 unspecified atom stereocenters. The maximum absolute atomic E-state index is 5.41. The van der Waals surface area contributed by atoms with Crippen LogP contribution in [0.4, 0.5) is 5.82 Å². The van der Waals surface area contributed by atoms with Gasteiger partial charge in [0.15, 0.2) is 11.5 Å². The predicted octanol–water partition coefficient (Wildman–Crippen LogP) is 3.56. The van der Waals surface area contributed by atoms with E-state index < -0.39 is 0 Å². The second-order valence-electron chi connectivity index (χ2n) is 5.12. The number of fused-ring (bicyclic) bond motifs is 1. The summed E-state index contributed by atoms with van der Waals surface area (Å²) in [5, 5.41) is 5.78. The van der Waals surface area contributed by atoms with Crippen LogP contribution in [-0.4, -0.2) is 36.8 Å². The van der Waals surface area contributed by atoms with E-state index in [9.17, 15) is 0 Å². The SMILES string of the molecule is COc1cc2ccnc(NC3CCSCC3)c2cc1OC. The first-order chi connectivity index (χ1) is 10.3. The molecule has 1 aromatic heterocycles. The fourth-order valence-electron chi connectivity index (χ4n) is 2.65. The molecule has 0 aliphatic carbocycles. The maximum Gasteiger partial charge on any atom is 0.161 e. The van der Waals surface area contributed by atoms with Gasteiger partial charge in [-0.1, -0.05) is 0 Å². The van der Waals surface area contributed by atoms with Crippen molar-refractivity contribution in [3.63, 3.8) is 0 Å². The number of nitrogens with zero attached hydrogens (tertiary/aromatic N) is 1. The fraction of sp³-hybridized carbons (Fsp3) is 0.438. The summed E-state index contributed by atoms with van der Waals surface area (Å²) in [5.74, 6) is 4.86. The largest absolute Gasteiger partial charge is 0.493 e. The van der Waals surface area contributed by atoms with E-state index in [2.05, 4.69) is 10.3 Å². The number of methoxy groups -OCH3 is 2. The minimum atomic E-state index is 0.512. The fourth-order valence-corrected chi connectivity index (χ4v) is 3.76. The molecule has 0 saturated carbocycles. The molecule has 5 heteroatoms. The van der Waals surface area contributed by atoms with Crippen molar-refractivity contribution in [3.05, 3.63) is 24.4 Å². The quantitative estimate of drug-likeness (QED) is 0.935. The molecule has 1 N–H and O–H groups in total. The lowest BCUT2D eigenvalue weighted by Crippen LogP contribution is -2.25. The van der Waals surface area contributed by atoms with Crippen molar-refractivity contribution < 1.29 is 9.47 Å². The van der Waals surface area contributed by atoms with Crippen molar-refractivity contribution in [2.75, 3.05) is 31.0 Å². The Kier molecular flexibility index (Phi) is 4.39. The van der Waals surface area contributed by atoms with Gasteiger partial charge in [-0.3, -0.25) is 0 Å². The van der Waals surface area contributed by atoms with Gasteiger partial charge in [0.25, 0.3) is 0 Å². The van der Waals surface area contributed by atoms with Crippen LogP contribution < -0.4 is 14.8 Å². The van der Waals surface area contributed by atoms with Gasteiger partial charge in [-0.05, 0) is 47.9 Å². The van der Waals surface area contributed by atoms with Crippen molar-refractivity contribution in [1.82, 2.24) is 4.98 Å². The molecule has 0 bridgehead atoms. The van der Waals surface area contributed by atoms with E-state index >= 15 is 0 Å². The van der Waals surface area contributed by atoms with Gasteiger partial charge in [0.2, 0.25) is 0 Å². The number of nitrogens with one attached hydrogen (secondary N) is 1. The van der Waals surface area contributed by atoms with Crippen molar-refractivity contribution >= 4 is 28.4 Å². The highest BCUT2D eigenvalue weighted by atomic mass is 32.2. The average Bonchev–Trinajstić information content (AvgIpc) is 2.55. The van der Waals surface area contributed by atoms with E-state index in [1.165, 1.54) is 24.3 Å². The van der Waals surface area contributed by atoms with Crippen LogP contribution in [0.15, 0.2) is 24.4 Å². The molecule has 0 amide bonds. The number of hydrogen-bond donors (Lipinski definition) is 1. The molecule has 1 aliphatic rings. The number of anilines is 1. The molecule has 0 radical (unpaired) electrons. The van der Waals surface area contributed by atoms with Gasteiger partial charge < -0.3 is 14.8 Å². The molecule has 112 valence electrons. The molecule has 1 aliphatic heterocycles. The molecule has 4 nitrogen and oxygen atoms in total. The van der Waals surface area contributed by atoms with Crippen LogP contribution >= 0.6 is 11.8 Å². The van der Waals surface area contributed by atoms with E-state index in [1.807, 2.05) is 36.2 Å². The van der Waals surface area contributed by atoms with Gasteiger partial charge in [-0.25, -0.2) is 4.98 Å². The average molecular weight is 304 g/mol. The Morgan fingerprint density at radius 1 is 1.14 bits per heavy atom. The van der Waals surface area contributed by atoms with Crippen molar-refractivity contribution in [1.29, 1.82) is 0 Å². The Morgan fingerprint density at radius 3 is 2.57 bits per heavy atom. The van der Waals surface area contributed by atoms with Crippen LogP contribution in [0.3, 0.4) is 0 Å². The molecule has 1 fully saturated rings. The van der Waals surface area contributed by atoms with Gasteiger partial charge in [0.1, 0.15) is 5.82 Å². The first-order valence-electron chi connectivity index (χ1n) is 7.17. The summed E-state index contributed by atoms with van der Waals surface area (Å²) in [4.78, 5) is 4.52. The maximum atomic E-state index is 5.41. The van der Waals surface area contributed by atoms with Gasteiger partial charge in [0, 0.05) is 17.6 Å². The van der Waals surface area contributed by atoms with E-state index in [4.69, 9.17) is 9.47 Å². The Morgan fingerprint density at radius 2 is 1.86 bits per heavy atom. The second kappa shape index (κ2) is 6.43. The topological polar surface area (TPSA) is 43.4 Å². The first kappa shape index (κ1) is 14.3. The molecule has 3 rings (SSSR count). The molecular formula is C16H20N2O2S. The van der Waals surface area contributed by atoms with E-state index in [0.717, 1.165) is 28.1 Å². The summed E-state index contributed by atoms with van der Waals surface area (Å²) in [7, 11) is 3.31. The highest BCUT2D eigenvalue weighted by Crippen LogP contribution is 2.35. The summed E-state index contributed by atoms with van der Waals surface area (Å²) >= 11 is 2.03. The molecule has 0 atom stereocenters. The predicted molar refractivity (Wildman–Crippen MR) is 88.8 cm³/mol. The number of aromatic nitrogens is 1. The number of benzene rings is 1. The van der Waals surface area contributed by atoms with E-state index in [-0.39, 0.29) is 0 Å². The Labute approximate surface area is 129 Å². The lowest BCUT2D eigenvalue weighted by molar-refractivity contribution is 0.356. The van der Waals surface area contributed by atoms with Crippen LogP contribution in [0.5, 0.6) is 11.5 Å². The van der Waals surface area contributed by atoms with Crippen molar-refractivity contribution in [3.8, 4) is 11.5 Å². The second-order valence-corrected chi connectivity index (χ2v) is 6.34. The van der Waals surface area contributed by atoms with Crippen LogP contribution in [0.25, 0.3) is 10.8 Å². The molecular weight excluding hydrogens is 284 g/mol. The minimum absolute atomic E-state index is 0.512. The lowest BCUT2D eigenvalue weighted by Gasteiger charge is -2.23. The third-order valence-corrected chi connectivity index (χ3v) is 4.88. The Balaban J connectivity index is 1.97. The molecule has 2 aromatic rings. The minimum Gasteiger partial charge on any atom is -0.493 e. The summed E-state index contributed by atoms with van der Waals surface area (Å²) in [6, 6.07) is 6.51. The van der Waals surface area contributed by atoms with Crippen molar-refractivity contribution in [2.24, 2.45) is 0 Å². The molecule has 1 aromatic carbocycles. The zero-order valence-corrected chi connectivity index (χ0v) is 13.2. The van der Waals surface area contributed by atoms with Gasteiger partial charge in [0.05, 0.1) is 14.2 Å². The number of hydrogen-bond acceptors (Lipinski definition) is 5. The monoisotopic (exact) mass is 304 g/mol. The summed E-state index contributed by atoms with van der Waals surface area (Å²) in [5.41, 5.74) is 0. The summed E-state index contributed by atoms with van der Waals surface area (Å²) < 4.78 is 10.8. The standard InChI is InChI=1S/C16H20N2O2S/c1-19-14-9-11-3-6-17-16(13(11)10-15(14)20-2)18-12-4-7-21-8-5-12/h3,6,9-10,12H,4-5,7-8H2,1-2H3,(H,17,18). The molecule has 2 heterocycles. The summed E-state index contributed by atoms with van der Waals surface area (Å²) in [6.45, 7) is 0. The third-order valence-electron chi connectivity index (χ3n) is 3.83. The normalized spacial score (nSPS) is 15.9. The Bertz CT molecular complexity index is 627. The third kappa shape index (κ3) is 3.02. The van der Waals surface area contributed by atoms with Crippen LogP contribution in [0.2, 0.25) is 0 Å². The highest BCUT2D eigenvalue weighted by Gasteiger charge is 2.16. The first-order valence-corrected chi connectivity index (χ1v) is 8.32. The van der Waals surface area contributed by atoms with Gasteiger partial charge >= 0.3 is 0 Å². The van der Waals surface area contributed by atoms with Crippen LogP contribution in [-0.2, 0) is 0 Å². The van der Waals surface area contributed by atoms with E-state index in [0.29, 0.717) is 6.04 Å². The highest BCUT2D eigenvalue weighted by molar-refractivity contribution is 7.99. The Hall–Kier alpha value is -1.62. The number of thioether (sulfide) groups is 1. The van der Waals surface area contributed by atoms with Crippen LogP contribution in [0, 0.1) is 0 Å².